The lowest BCUT2D eigenvalue weighted by Gasteiger charge is -2.35. The minimum Gasteiger partial charge on any atom is -0.466 e. The van der Waals surface area contributed by atoms with Gasteiger partial charge in [0, 0.05) is 29.9 Å². The van der Waals surface area contributed by atoms with E-state index < -0.39 is 45.9 Å². The van der Waals surface area contributed by atoms with Crippen LogP contribution in [0, 0.1) is 27.7 Å². The fourth-order valence-corrected chi connectivity index (χ4v) is 2.96. The van der Waals surface area contributed by atoms with Crippen molar-refractivity contribution in [1.29, 1.82) is 0 Å². The number of methoxy groups -OCH3 is 1. The van der Waals surface area contributed by atoms with Gasteiger partial charge in [-0.05, 0) is 19.3 Å². The topological polar surface area (TPSA) is 102 Å². The summed E-state index contributed by atoms with van der Waals surface area (Å²) in [5, 5.41) is 13.5. The molecule has 0 saturated carbocycles. The smallest absolute Gasteiger partial charge is 0.337 e. The lowest BCUT2D eigenvalue weighted by Crippen LogP contribution is -2.48. The van der Waals surface area contributed by atoms with Gasteiger partial charge in [-0.15, -0.1) is 0 Å². The van der Waals surface area contributed by atoms with E-state index in [1.54, 1.807) is 0 Å². The van der Waals surface area contributed by atoms with Crippen molar-refractivity contribution >= 4 is 17.7 Å². The first-order valence-electron chi connectivity index (χ1n) is 8.58. The van der Waals surface area contributed by atoms with Crippen LogP contribution in [-0.2, 0) is 9.53 Å². The molecule has 8 nitrogen and oxygen atoms in total. The van der Waals surface area contributed by atoms with Crippen LogP contribution in [0.3, 0.4) is 0 Å². The van der Waals surface area contributed by atoms with Crippen LogP contribution in [0.15, 0.2) is 23.4 Å². The van der Waals surface area contributed by atoms with Crippen LogP contribution < -0.4 is 5.32 Å². The lowest BCUT2D eigenvalue weighted by molar-refractivity contribution is -0.387. The van der Waals surface area contributed by atoms with Gasteiger partial charge in [-0.25, -0.2) is 14.0 Å². The van der Waals surface area contributed by atoms with E-state index in [9.17, 15) is 28.5 Å². The second-order valence-corrected chi connectivity index (χ2v) is 6.79. The van der Waals surface area contributed by atoms with Gasteiger partial charge in [-0.3, -0.25) is 15.0 Å². The quantitative estimate of drug-likeness (QED) is 0.450. The molecule has 1 N–H and O–H groups in total. The van der Waals surface area contributed by atoms with Crippen molar-refractivity contribution < 1.29 is 28.0 Å². The molecule has 1 aliphatic rings. The number of benzene rings is 1. The molecule has 28 heavy (non-hydrogen) atoms. The van der Waals surface area contributed by atoms with Crippen LogP contribution in [0.2, 0.25) is 0 Å². The van der Waals surface area contributed by atoms with Crippen LogP contribution in [0.25, 0.3) is 0 Å². The number of amides is 2. The van der Waals surface area contributed by atoms with E-state index >= 15 is 0 Å². The number of allylic oxidation sites excluding steroid dienone is 1. The molecule has 0 spiro atoms. The molecule has 1 heterocycles. The molecule has 1 atom stereocenters. The normalized spacial score (nSPS) is 17.0. The summed E-state index contributed by atoms with van der Waals surface area (Å²) in [5.41, 5.74) is -1.20. The number of urea groups is 1. The molecule has 0 saturated heterocycles. The molecule has 0 aliphatic carbocycles. The van der Waals surface area contributed by atoms with Gasteiger partial charge in [0.05, 0.1) is 23.6 Å². The third kappa shape index (κ3) is 4.10. The molecule has 0 fully saturated rings. The highest BCUT2D eigenvalue weighted by molar-refractivity contribution is 5.95. The molecule has 0 radical (unpaired) electrons. The first-order chi connectivity index (χ1) is 13.1. The summed E-state index contributed by atoms with van der Waals surface area (Å²) in [6.07, 6.45) is 0.653. The summed E-state index contributed by atoms with van der Waals surface area (Å²) < 4.78 is 32.9. The Labute approximate surface area is 160 Å². The van der Waals surface area contributed by atoms with Gasteiger partial charge in [0.25, 0.3) is 0 Å². The minimum absolute atomic E-state index is 0.0781. The number of ether oxygens (including phenoxy) is 1. The number of carbonyl (C=O) groups is 2. The molecule has 1 aromatic carbocycles. The Bertz CT molecular complexity index is 854. The first-order valence-corrected chi connectivity index (χ1v) is 8.58. The fraction of sp³-hybridized carbons (Fsp3) is 0.444. The van der Waals surface area contributed by atoms with E-state index in [1.165, 1.54) is 11.8 Å². The number of hydrogen-bond donors (Lipinski definition) is 1. The number of hydrogen-bond acceptors (Lipinski definition) is 5. The monoisotopic (exact) mass is 397 g/mol. The SMILES string of the molecule is COC(=O)C1=C(C)N(CCC(C)C)C(=O)N[C@H]1c1cc([N+](=O)[O-])c(F)cc1F. The van der Waals surface area contributed by atoms with E-state index in [1.807, 2.05) is 13.8 Å². The van der Waals surface area contributed by atoms with Crippen molar-refractivity contribution in [2.45, 2.75) is 33.2 Å². The number of carbonyl (C=O) groups excluding carboxylic acids is 2. The summed E-state index contributed by atoms with van der Waals surface area (Å²) in [6.45, 7) is 5.76. The summed E-state index contributed by atoms with van der Waals surface area (Å²) in [4.78, 5) is 36.3. The van der Waals surface area contributed by atoms with Gasteiger partial charge in [0.1, 0.15) is 5.82 Å². The maximum atomic E-state index is 14.4. The van der Waals surface area contributed by atoms with E-state index in [0.717, 1.165) is 7.11 Å². The summed E-state index contributed by atoms with van der Waals surface area (Å²) in [7, 11) is 1.12. The number of rotatable bonds is 6. The molecule has 1 aromatic rings. The lowest BCUT2D eigenvalue weighted by atomic mass is 9.93. The number of nitro groups is 1. The van der Waals surface area contributed by atoms with Crippen LogP contribution in [0.5, 0.6) is 0 Å². The summed E-state index contributed by atoms with van der Waals surface area (Å²) in [5.74, 6) is -3.02. The molecule has 0 aromatic heterocycles. The van der Waals surface area contributed by atoms with Gasteiger partial charge in [-0.1, -0.05) is 13.8 Å². The fourth-order valence-electron chi connectivity index (χ4n) is 2.96. The van der Waals surface area contributed by atoms with Crippen molar-refractivity contribution in [3.63, 3.8) is 0 Å². The number of halogens is 2. The molecule has 1 aliphatic heterocycles. The highest BCUT2D eigenvalue weighted by atomic mass is 19.1. The highest BCUT2D eigenvalue weighted by Crippen LogP contribution is 2.35. The van der Waals surface area contributed by atoms with Crippen LogP contribution in [-0.4, -0.2) is 35.5 Å². The Morgan fingerprint density at radius 3 is 2.54 bits per heavy atom. The van der Waals surface area contributed by atoms with Gasteiger partial charge in [-0.2, -0.15) is 4.39 Å². The maximum Gasteiger partial charge on any atom is 0.337 e. The van der Waals surface area contributed by atoms with Gasteiger partial charge < -0.3 is 10.1 Å². The number of nitrogens with zero attached hydrogens (tertiary/aromatic N) is 2. The molecule has 152 valence electrons. The molecular formula is C18H21F2N3O5. The van der Waals surface area contributed by atoms with E-state index in [0.29, 0.717) is 25.1 Å². The zero-order valence-corrected chi connectivity index (χ0v) is 15.9. The molecular weight excluding hydrogens is 376 g/mol. The molecule has 10 heteroatoms. The Morgan fingerprint density at radius 2 is 2.00 bits per heavy atom. The number of nitro benzene ring substituents is 1. The molecule has 2 amide bonds. The Kier molecular flexibility index (Phi) is 6.32. The van der Waals surface area contributed by atoms with Gasteiger partial charge in [0.15, 0.2) is 0 Å². The van der Waals surface area contributed by atoms with Crippen molar-refractivity contribution in [3.8, 4) is 0 Å². The average molecular weight is 397 g/mol. The maximum absolute atomic E-state index is 14.4. The predicted octanol–water partition coefficient (Wildman–Crippen LogP) is 3.43. The van der Waals surface area contributed by atoms with E-state index in [4.69, 9.17) is 4.74 Å². The number of esters is 1. The first kappa shape index (κ1) is 21.3. The summed E-state index contributed by atoms with van der Waals surface area (Å²) >= 11 is 0. The predicted molar refractivity (Wildman–Crippen MR) is 95.2 cm³/mol. The van der Waals surface area contributed by atoms with Crippen molar-refractivity contribution in [1.82, 2.24) is 10.2 Å². The zero-order valence-electron chi connectivity index (χ0n) is 15.9. The molecule has 2 rings (SSSR count). The molecule has 0 bridgehead atoms. The Hall–Kier alpha value is -3.04. The summed E-state index contributed by atoms with van der Waals surface area (Å²) in [6, 6.07) is -0.915. The minimum atomic E-state index is -1.35. The van der Waals surface area contributed by atoms with E-state index in [2.05, 4.69) is 5.32 Å². The third-order valence-electron chi connectivity index (χ3n) is 4.51. The standard InChI is InChI=1S/C18H21F2N3O5/c1-9(2)5-6-22-10(3)15(17(24)28-4)16(21-18(22)25)11-7-14(23(26)27)13(20)8-12(11)19/h7-9,16H,5-6H2,1-4H3,(H,21,25)/t16-/m0/s1. The average Bonchev–Trinajstić information content (AvgIpc) is 2.60. The Balaban J connectivity index is 2.61. The van der Waals surface area contributed by atoms with Crippen LogP contribution in [0.4, 0.5) is 19.3 Å². The largest absolute Gasteiger partial charge is 0.466 e. The second-order valence-electron chi connectivity index (χ2n) is 6.79. The second kappa shape index (κ2) is 8.32. The third-order valence-corrected chi connectivity index (χ3v) is 4.51. The van der Waals surface area contributed by atoms with Crippen molar-refractivity contribution in [3.05, 3.63) is 50.7 Å². The van der Waals surface area contributed by atoms with Crippen molar-refractivity contribution in [2.24, 2.45) is 5.92 Å². The van der Waals surface area contributed by atoms with E-state index in [-0.39, 0.29) is 17.2 Å². The van der Waals surface area contributed by atoms with Gasteiger partial charge >= 0.3 is 17.7 Å². The zero-order chi connectivity index (χ0) is 21.2. The van der Waals surface area contributed by atoms with Gasteiger partial charge in [0.2, 0.25) is 5.82 Å². The van der Waals surface area contributed by atoms with Crippen molar-refractivity contribution in [2.75, 3.05) is 13.7 Å². The Morgan fingerprint density at radius 1 is 1.36 bits per heavy atom. The molecule has 0 unspecified atom stereocenters. The highest BCUT2D eigenvalue weighted by Gasteiger charge is 2.38. The number of nitrogens with one attached hydrogen (secondary N) is 1. The van der Waals surface area contributed by atoms with Crippen LogP contribution >= 0.6 is 0 Å². The van der Waals surface area contributed by atoms with Crippen LogP contribution in [0.1, 0.15) is 38.8 Å².